The van der Waals surface area contributed by atoms with E-state index in [-0.39, 0.29) is 18.6 Å². The van der Waals surface area contributed by atoms with Crippen LogP contribution in [0.25, 0.3) is 0 Å². The summed E-state index contributed by atoms with van der Waals surface area (Å²) in [6.07, 6.45) is -4.66. The van der Waals surface area contributed by atoms with Crippen LogP contribution in [0.15, 0.2) is 24.3 Å². The number of carbonyl (C=O) groups excluding carboxylic acids is 3. The minimum Gasteiger partial charge on any atom is -0.466 e. The third-order valence-corrected chi connectivity index (χ3v) is 3.43. The van der Waals surface area contributed by atoms with Crippen molar-refractivity contribution >= 4 is 17.8 Å². The van der Waals surface area contributed by atoms with Crippen LogP contribution in [0.3, 0.4) is 0 Å². The highest BCUT2D eigenvalue weighted by atomic mass is 19.4. The van der Waals surface area contributed by atoms with Gasteiger partial charge in [0.2, 0.25) is 5.91 Å². The molecular weight excluding hydrogens is 341 g/mol. The number of nitrogens with two attached hydrogens (primary N) is 1. The Morgan fingerprint density at radius 1 is 1.20 bits per heavy atom. The zero-order valence-corrected chi connectivity index (χ0v) is 13.7. The zero-order chi connectivity index (χ0) is 19.2. The van der Waals surface area contributed by atoms with Crippen LogP contribution in [0.4, 0.5) is 13.2 Å². The molecule has 0 spiro atoms. The highest BCUT2D eigenvalue weighted by Gasteiger charge is 2.31. The summed E-state index contributed by atoms with van der Waals surface area (Å²) in [5, 5.41) is 2.34. The molecule has 0 aliphatic carbocycles. The van der Waals surface area contributed by atoms with Crippen LogP contribution in [0.5, 0.6) is 0 Å². The second-order valence-corrected chi connectivity index (χ2v) is 5.42. The number of carbonyl (C=O) groups is 3. The summed E-state index contributed by atoms with van der Waals surface area (Å²) in [6, 6.07) is 2.34. The molecule has 1 rings (SSSR count). The van der Waals surface area contributed by atoms with Gasteiger partial charge in [0.05, 0.1) is 18.6 Å². The minimum atomic E-state index is -4.51. The lowest BCUT2D eigenvalue weighted by molar-refractivity contribution is -0.144. The molecule has 2 amide bonds. The summed E-state index contributed by atoms with van der Waals surface area (Å²) in [5.74, 6) is -2.83. The molecule has 0 bridgehead atoms. The first-order valence-electron chi connectivity index (χ1n) is 7.49. The van der Waals surface area contributed by atoms with Crippen molar-refractivity contribution in [2.45, 2.75) is 32.5 Å². The van der Waals surface area contributed by atoms with Gasteiger partial charge in [-0.1, -0.05) is 6.92 Å². The van der Waals surface area contributed by atoms with Gasteiger partial charge < -0.3 is 15.8 Å². The first-order valence-corrected chi connectivity index (χ1v) is 7.49. The summed E-state index contributed by atoms with van der Waals surface area (Å²) in [6.45, 7) is 3.32. The van der Waals surface area contributed by atoms with Crippen molar-refractivity contribution in [3.05, 3.63) is 35.4 Å². The lowest BCUT2D eigenvalue weighted by Crippen LogP contribution is -2.49. The molecule has 25 heavy (non-hydrogen) atoms. The van der Waals surface area contributed by atoms with Gasteiger partial charge in [-0.2, -0.15) is 13.2 Å². The number of ether oxygens (including phenoxy) is 1. The standard InChI is InChI=1S/C16H19F3N2O4/c1-3-25-12(22)8-9(2)13(14(20)23)21-15(24)10-4-6-11(7-5-10)16(17,18)19/h4-7,9,13H,3,8H2,1-2H3,(H2,20,23)(H,21,24)/t9-,13+/m1/s1. The topological polar surface area (TPSA) is 98.5 Å². The summed E-state index contributed by atoms with van der Waals surface area (Å²) >= 11 is 0. The number of hydrogen-bond donors (Lipinski definition) is 2. The Balaban J connectivity index is 2.82. The minimum absolute atomic E-state index is 0.0671. The average molecular weight is 360 g/mol. The van der Waals surface area contributed by atoms with Gasteiger partial charge in [0.1, 0.15) is 6.04 Å². The normalized spacial score (nSPS) is 13.6. The van der Waals surface area contributed by atoms with E-state index in [1.165, 1.54) is 6.92 Å². The van der Waals surface area contributed by atoms with Crippen molar-refractivity contribution in [1.82, 2.24) is 5.32 Å². The summed E-state index contributed by atoms with van der Waals surface area (Å²) in [7, 11) is 0. The van der Waals surface area contributed by atoms with E-state index >= 15 is 0 Å². The Morgan fingerprint density at radius 2 is 1.76 bits per heavy atom. The summed E-state index contributed by atoms with van der Waals surface area (Å²) in [4.78, 5) is 35.1. The molecule has 2 atom stereocenters. The molecule has 0 radical (unpaired) electrons. The van der Waals surface area contributed by atoms with E-state index in [0.717, 1.165) is 24.3 Å². The van der Waals surface area contributed by atoms with Gasteiger partial charge in [0.15, 0.2) is 0 Å². The van der Waals surface area contributed by atoms with Gasteiger partial charge in [-0.3, -0.25) is 14.4 Å². The van der Waals surface area contributed by atoms with Crippen LogP contribution in [-0.4, -0.2) is 30.4 Å². The van der Waals surface area contributed by atoms with Crippen molar-refractivity contribution in [3.63, 3.8) is 0 Å². The van der Waals surface area contributed by atoms with E-state index < -0.39 is 41.5 Å². The third-order valence-electron chi connectivity index (χ3n) is 3.43. The molecule has 0 saturated carbocycles. The number of hydrogen-bond acceptors (Lipinski definition) is 4. The Hall–Kier alpha value is -2.58. The van der Waals surface area contributed by atoms with Crippen LogP contribution >= 0.6 is 0 Å². The van der Waals surface area contributed by atoms with Crippen LogP contribution in [-0.2, 0) is 20.5 Å². The fourth-order valence-electron chi connectivity index (χ4n) is 2.13. The fourth-order valence-corrected chi connectivity index (χ4v) is 2.13. The van der Waals surface area contributed by atoms with Gasteiger partial charge in [0.25, 0.3) is 5.91 Å². The van der Waals surface area contributed by atoms with Crippen molar-refractivity contribution in [1.29, 1.82) is 0 Å². The van der Waals surface area contributed by atoms with Crippen molar-refractivity contribution in [2.75, 3.05) is 6.61 Å². The highest BCUT2D eigenvalue weighted by molar-refractivity contribution is 5.97. The SMILES string of the molecule is CCOC(=O)C[C@@H](C)[C@H](NC(=O)c1ccc(C(F)(F)F)cc1)C(N)=O. The Morgan fingerprint density at radius 3 is 2.20 bits per heavy atom. The van der Waals surface area contributed by atoms with E-state index in [0.29, 0.717) is 0 Å². The first-order chi connectivity index (χ1) is 11.6. The Bertz CT molecular complexity index is 629. The number of halogens is 3. The Kier molecular flexibility index (Phi) is 6.96. The first kappa shape index (κ1) is 20.5. The predicted octanol–water partition coefficient (Wildman–Crippen LogP) is 1.88. The quantitative estimate of drug-likeness (QED) is 0.725. The van der Waals surface area contributed by atoms with Gasteiger partial charge in [-0.25, -0.2) is 0 Å². The lowest BCUT2D eigenvalue weighted by atomic mass is 9.97. The van der Waals surface area contributed by atoms with Crippen LogP contribution in [0.1, 0.15) is 36.2 Å². The number of rotatable bonds is 7. The largest absolute Gasteiger partial charge is 0.466 e. The number of primary amides is 1. The van der Waals surface area contributed by atoms with E-state index in [4.69, 9.17) is 10.5 Å². The third kappa shape index (κ3) is 6.09. The number of alkyl halides is 3. The van der Waals surface area contributed by atoms with Gasteiger partial charge in [-0.15, -0.1) is 0 Å². The molecule has 1 aromatic carbocycles. The average Bonchev–Trinajstić information content (AvgIpc) is 2.51. The smallest absolute Gasteiger partial charge is 0.416 e. The fraction of sp³-hybridized carbons (Fsp3) is 0.438. The molecule has 1 aromatic rings. The van der Waals surface area contributed by atoms with E-state index in [9.17, 15) is 27.6 Å². The van der Waals surface area contributed by atoms with E-state index in [1.807, 2.05) is 0 Å². The van der Waals surface area contributed by atoms with Crippen molar-refractivity contribution < 1.29 is 32.3 Å². The molecule has 3 N–H and O–H groups in total. The maximum absolute atomic E-state index is 12.5. The van der Waals surface area contributed by atoms with E-state index in [2.05, 4.69) is 5.32 Å². The molecule has 0 aliphatic heterocycles. The maximum Gasteiger partial charge on any atom is 0.416 e. The molecular formula is C16H19F3N2O4. The number of benzene rings is 1. The highest BCUT2D eigenvalue weighted by Crippen LogP contribution is 2.29. The maximum atomic E-state index is 12.5. The van der Waals surface area contributed by atoms with Gasteiger partial charge >= 0.3 is 12.1 Å². The number of amides is 2. The molecule has 0 saturated heterocycles. The summed E-state index contributed by atoms with van der Waals surface area (Å²) in [5.41, 5.74) is 4.28. The Labute approximate surface area is 142 Å². The number of nitrogens with one attached hydrogen (secondary N) is 1. The lowest BCUT2D eigenvalue weighted by Gasteiger charge is -2.21. The zero-order valence-electron chi connectivity index (χ0n) is 13.7. The van der Waals surface area contributed by atoms with Crippen LogP contribution in [0.2, 0.25) is 0 Å². The molecule has 6 nitrogen and oxygen atoms in total. The van der Waals surface area contributed by atoms with Crippen LogP contribution < -0.4 is 11.1 Å². The molecule has 0 aromatic heterocycles. The molecule has 9 heteroatoms. The second kappa shape index (κ2) is 8.50. The molecule has 0 fully saturated rings. The van der Waals surface area contributed by atoms with Crippen molar-refractivity contribution in [2.24, 2.45) is 11.7 Å². The monoisotopic (exact) mass is 360 g/mol. The van der Waals surface area contributed by atoms with Crippen molar-refractivity contribution in [3.8, 4) is 0 Å². The molecule has 0 unspecified atom stereocenters. The van der Waals surface area contributed by atoms with Gasteiger partial charge in [-0.05, 0) is 37.1 Å². The number of esters is 1. The summed E-state index contributed by atoms with van der Waals surface area (Å²) < 4.78 is 42.3. The second-order valence-electron chi connectivity index (χ2n) is 5.42. The van der Waals surface area contributed by atoms with E-state index in [1.54, 1.807) is 6.92 Å². The molecule has 0 heterocycles. The molecule has 138 valence electrons. The van der Waals surface area contributed by atoms with Gasteiger partial charge in [0, 0.05) is 5.56 Å². The van der Waals surface area contributed by atoms with Crippen LogP contribution in [0, 0.1) is 5.92 Å². The molecule has 0 aliphatic rings. The predicted molar refractivity (Wildman–Crippen MR) is 82.3 cm³/mol.